The van der Waals surface area contributed by atoms with E-state index in [9.17, 15) is 17.6 Å². The van der Waals surface area contributed by atoms with Gasteiger partial charge in [0.05, 0.1) is 5.56 Å². The average molecular weight is 309 g/mol. The summed E-state index contributed by atoms with van der Waals surface area (Å²) in [6.07, 6.45) is -4.51. The van der Waals surface area contributed by atoms with Crippen LogP contribution in [0.15, 0.2) is 47.6 Å². The molecule has 0 atom stereocenters. The zero-order valence-corrected chi connectivity index (χ0v) is 11.3. The van der Waals surface area contributed by atoms with Crippen molar-refractivity contribution in [2.75, 3.05) is 6.54 Å². The highest BCUT2D eigenvalue weighted by molar-refractivity contribution is 5.65. The van der Waals surface area contributed by atoms with Gasteiger partial charge in [-0.3, -0.25) is 0 Å². The molecule has 0 heterocycles. The van der Waals surface area contributed by atoms with Crippen molar-refractivity contribution in [3.05, 3.63) is 69.9 Å². The summed E-state index contributed by atoms with van der Waals surface area (Å²) in [5.41, 5.74) is 8.32. The number of rotatable bonds is 4. The Morgan fingerprint density at radius 3 is 2.23 bits per heavy atom. The number of azide groups is 1. The molecule has 0 saturated heterocycles. The Kier molecular flexibility index (Phi) is 4.68. The van der Waals surface area contributed by atoms with Crippen molar-refractivity contribution in [1.29, 1.82) is 0 Å². The molecule has 3 nitrogen and oxygen atoms in total. The van der Waals surface area contributed by atoms with Gasteiger partial charge in [0.1, 0.15) is 5.82 Å². The molecule has 0 aliphatic carbocycles. The van der Waals surface area contributed by atoms with E-state index < -0.39 is 17.6 Å². The van der Waals surface area contributed by atoms with Crippen molar-refractivity contribution >= 4 is 0 Å². The van der Waals surface area contributed by atoms with Crippen molar-refractivity contribution < 1.29 is 17.6 Å². The smallest absolute Gasteiger partial charge is 0.207 e. The summed E-state index contributed by atoms with van der Waals surface area (Å²) in [6.45, 7) is -0.0462. The Labute approximate surface area is 123 Å². The lowest BCUT2D eigenvalue weighted by atomic mass is 9.97. The number of hydrogen-bond donors (Lipinski definition) is 0. The van der Waals surface area contributed by atoms with Crippen LogP contribution in [0.25, 0.3) is 21.6 Å². The van der Waals surface area contributed by atoms with E-state index in [0.29, 0.717) is 11.1 Å². The molecule has 2 rings (SSSR count). The lowest BCUT2D eigenvalue weighted by Gasteiger charge is -2.14. The molecule has 0 fully saturated rings. The highest BCUT2D eigenvalue weighted by Crippen LogP contribution is 2.35. The van der Waals surface area contributed by atoms with E-state index in [4.69, 9.17) is 5.53 Å². The predicted octanol–water partition coefficient (Wildman–Crippen LogP) is 5.36. The molecule has 0 aromatic heterocycles. The molecule has 0 aliphatic heterocycles. The van der Waals surface area contributed by atoms with Gasteiger partial charge in [-0.25, -0.2) is 4.39 Å². The number of benzene rings is 2. The number of hydrogen-bond acceptors (Lipinski definition) is 1. The van der Waals surface area contributed by atoms with Gasteiger partial charge in [0.2, 0.25) is 0 Å². The maximum absolute atomic E-state index is 13.2. The van der Waals surface area contributed by atoms with E-state index in [-0.39, 0.29) is 18.5 Å². The van der Waals surface area contributed by atoms with E-state index in [1.807, 2.05) is 0 Å². The van der Waals surface area contributed by atoms with Crippen LogP contribution in [0.5, 0.6) is 0 Å². The van der Waals surface area contributed by atoms with Gasteiger partial charge in [-0.1, -0.05) is 29.4 Å². The molecule has 2 aromatic rings. The van der Waals surface area contributed by atoms with Crippen LogP contribution in [0.4, 0.5) is 17.6 Å². The first kappa shape index (κ1) is 15.9. The minimum absolute atomic E-state index is 0.00258. The minimum atomic E-state index is -4.51. The summed E-state index contributed by atoms with van der Waals surface area (Å²) in [5.74, 6) is -0.453. The normalized spacial score (nSPS) is 11.1. The van der Waals surface area contributed by atoms with Crippen LogP contribution in [0.1, 0.15) is 11.1 Å². The van der Waals surface area contributed by atoms with Gasteiger partial charge in [-0.15, -0.1) is 0 Å². The molecular formula is C15H11F4N3. The summed E-state index contributed by atoms with van der Waals surface area (Å²) in [7, 11) is 0. The molecule has 0 aliphatic rings. The monoisotopic (exact) mass is 309 g/mol. The molecular weight excluding hydrogens is 298 g/mol. The Hall–Kier alpha value is -2.53. The highest BCUT2D eigenvalue weighted by Gasteiger charge is 2.33. The fourth-order valence-corrected chi connectivity index (χ4v) is 2.10. The summed E-state index contributed by atoms with van der Waals surface area (Å²) < 4.78 is 52.4. The largest absolute Gasteiger partial charge is 0.416 e. The van der Waals surface area contributed by atoms with Gasteiger partial charge in [0, 0.05) is 11.5 Å². The summed E-state index contributed by atoms with van der Waals surface area (Å²) in [6, 6.07) is 9.15. The number of halogens is 4. The van der Waals surface area contributed by atoms with E-state index in [1.54, 1.807) is 0 Å². The van der Waals surface area contributed by atoms with Crippen LogP contribution in [0.3, 0.4) is 0 Å². The topological polar surface area (TPSA) is 48.8 Å². The van der Waals surface area contributed by atoms with Gasteiger partial charge in [0.15, 0.2) is 0 Å². The lowest BCUT2D eigenvalue weighted by molar-refractivity contribution is -0.138. The summed E-state index contributed by atoms with van der Waals surface area (Å²) >= 11 is 0. The molecule has 114 valence electrons. The van der Waals surface area contributed by atoms with Gasteiger partial charge in [-0.05, 0) is 46.8 Å². The molecule has 0 spiro atoms. The van der Waals surface area contributed by atoms with Crippen molar-refractivity contribution in [2.24, 2.45) is 5.11 Å². The van der Waals surface area contributed by atoms with Gasteiger partial charge < -0.3 is 0 Å². The first-order valence-corrected chi connectivity index (χ1v) is 6.39. The molecule has 7 heteroatoms. The SMILES string of the molecule is [N-]=[N+]=NCCc1ccc(-c2ccc(F)cc2)cc1C(F)(F)F. The van der Waals surface area contributed by atoms with E-state index >= 15 is 0 Å². The summed E-state index contributed by atoms with van der Waals surface area (Å²) in [5, 5.41) is 3.25. The second-order valence-electron chi connectivity index (χ2n) is 4.58. The van der Waals surface area contributed by atoms with Crippen LogP contribution >= 0.6 is 0 Å². The van der Waals surface area contributed by atoms with Crippen molar-refractivity contribution in [3.63, 3.8) is 0 Å². The standard InChI is InChI=1S/C15H11F4N3/c16-13-5-3-10(4-6-13)12-2-1-11(7-8-21-22-20)14(9-12)15(17,18)19/h1-6,9H,7-8H2. The van der Waals surface area contributed by atoms with Gasteiger partial charge >= 0.3 is 6.18 Å². The van der Waals surface area contributed by atoms with Crippen LogP contribution < -0.4 is 0 Å². The van der Waals surface area contributed by atoms with Crippen LogP contribution in [0.2, 0.25) is 0 Å². The maximum Gasteiger partial charge on any atom is 0.416 e. The van der Waals surface area contributed by atoms with Crippen molar-refractivity contribution in [1.82, 2.24) is 0 Å². The minimum Gasteiger partial charge on any atom is -0.207 e. The maximum atomic E-state index is 13.2. The molecule has 2 aromatic carbocycles. The first-order chi connectivity index (χ1) is 10.4. The molecule has 0 amide bonds. The second-order valence-corrected chi connectivity index (χ2v) is 4.58. The Bertz CT molecular complexity index is 702. The number of nitrogens with zero attached hydrogens (tertiary/aromatic N) is 3. The summed E-state index contributed by atoms with van der Waals surface area (Å²) in [4.78, 5) is 2.52. The zero-order valence-electron chi connectivity index (χ0n) is 11.3. The van der Waals surface area contributed by atoms with Gasteiger partial charge in [-0.2, -0.15) is 13.2 Å². The fraction of sp³-hybridized carbons (Fsp3) is 0.200. The molecule has 0 N–H and O–H groups in total. The Balaban J connectivity index is 2.42. The van der Waals surface area contributed by atoms with Crippen LogP contribution in [-0.4, -0.2) is 6.54 Å². The third-order valence-corrected chi connectivity index (χ3v) is 3.14. The third-order valence-electron chi connectivity index (χ3n) is 3.14. The second kappa shape index (κ2) is 6.49. The third kappa shape index (κ3) is 3.77. The van der Waals surface area contributed by atoms with Gasteiger partial charge in [0.25, 0.3) is 0 Å². The average Bonchev–Trinajstić information content (AvgIpc) is 2.47. The Morgan fingerprint density at radius 1 is 1.00 bits per heavy atom. The molecule has 22 heavy (non-hydrogen) atoms. The van der Waals surface area contributed by atoms with Crippen molar-refractivity contribution in [3.8, 4) is 11.1 Å². The van der Waals surface area contributed by atoms with Crippen LogP contribution in [-0.2, 0) is 12.6 Å². The Morgan fingerprint density at radius 2 is 1.64 bits per heavy atom. The van der Waals surface area contributed by atoms with E-state index in [1.165, 1.54) is 36.4 Å². The van der Waals surface area contributed by atoms with E-state index in [2.05, 4.69) is 10.0 Å². The highest BCUT2D eigenvalue weighted by atomic mass is 19.4. The lowest BCUT2D eigenvalue weighted by Crippen LogP contribution is -2.10. The van der Waals surface area contributed by atoms with Crippen LogP contribution in [0, 0.1) is 5.82 Å². The molecule has 0 bridgehead atoms. The van der Waals surface area contributed by atoms with Crippen molar-refractivity contribution in [2.45, 2.75) is 12.6 Å². The molecule has 0 saturated carbocycles. The quantitative estimate of drug-likeness (QED) is 0.316. The zero-order chi connectivity index (χ0) is 16.2. The predicted molar refractivity (Wildman–Crippen MR) is 74.6 cm³/mol. The molecule has 0 radical (unpaired) electrons. The fourth-order valence-electron chi connectivity index (χ4n) is 2.10. The first-order valence-electron chi connectivity index (χ1n) is 6.39. The molecule has 0 unspecified atom stereocenters. The number of alkyl halides is 3. The van der Waals surface area contributed by atoms with E-state index in [0.717, 1.165) is 6.07 Å².